The van der Waals surface area contributed by atoms with Crippen LogP contribution in [0.5, 0.6) is 0 Å². The van der Waals surface area contributed by atoms with Crippen molar-refractivity contribution < 1.29 is 0 Å². The molecule has 0 aliphatic heterocycles. The number of anilines is 1. The highest BCUT2D eigenvalue weighted by molar-refractivity contribution is 7.98. The molecule has 2 N–H and O–H groups in total. The molecule has 1 aromatic heterocycles. The van der Waals surface area contributed by atoms with Gasteiger partial charge in [0.25, 0.3) is 0 Å². The predicted molar refractivity (Wildman–Crippen MR) is 83.1 cm³/mol. The van der Waals surface area contributed by atoms with Crippen molar-refractivity contribution in [2.45, 2.75) is 31.0 Å². The molecule has 6 heteroatoms. The van der Waals surface area contributed by atoms with E-state index in [2.05, 4.69) is 5.10 Å². The second-order valence-electron chi connectivity index (χ2n) is 4.14. The first-order valence-corrected chi connectivity index (χ1v) is 7.66. The Hall–Kier alpha value is -0.840. The summed E-state index contributed by atoms with van der Waals surface area (Å²) in [5.74, 6) is 0.719. The smallest absolute Gasteiger partial charge is 0.0855 e. The highest BCUT2D eigenvalue weighted by atomic mass is 35.5. The minimum atomic E-state index is 0.703. The molecule has 0 aliphatic rings. The van der Waals surface area contributed by atoms with Crippen molar-refractivity contribution >= 4 is 40.7 Å². The molecular weight excluding hydrogens is 301 g/mol. The fourth-order valence-corrected chi connectivity index (χ4v) is 3.36. The van der Waals surface area contributed by atoms with Gasteiger partial charge in [0.15, 0.2) is 0 Å². The molecule has 0 saturated heterocycles. The molecule has 0 amide bonds. The lowest BCUT2D eigenvalue weighted by Gasteiger charge is -2.07. The van der Waals surface area contributed by atoms with Crippen molar-refractivity contribution in [1.29, 1.82) is 0 Å². The highest BCUT2D eigenvalue weighted by Crippen LogP contribution is 2.33. The van der Waals surface area contributed by atoms with Gasteiger partial charge in [0, 0.05) is 22.9 Å². The van der Waals surface area contributed by atoms with E-state index < -0.39 is 0 Å². The minimum Gasteiger partial charge on any atom is -0.399 e. The normalized spacial score (nSPS) is 10.9. The van der Waals surface area contributed by atoms with Gasteiger partial charge in [-0.1, -0.05) is 23.2 Å². The van der Waals surface area contributed by atoms with E-state index in [1.807, 2.05) is 30.7 Å². The molecule has 0 aliphatic carbocycles. The second-order valence-corrected chi connectivity index (χ2v) is 5.94. The van der Waals surface area contributed by atoms with E-state index in [9.17, 15) is 0 Å². The molecule has 0 saturated carbocycles. The molecular formula is C13H15Cl2N3S. The van der Waals surface area contributed by atoms with Crippen LogP contribution in [-0.2, 0) is 12.3 Å². The Kier molecular flexibility index (Phi) is 4.66. The van der Waals surface area contributed by atoms with Gasteiger partial charge in [-0.05, 0) is 32.0 Å². The van der Waals surface area contributed by atoms with Crippen molar-refractivity contribution in [3.63, 3.8) is 0 Å². The van der Waals surface area contributed by atoms with Crippen molar-refractivity contribution in [1.82, 2.24) is 9.78 Å². The number of nitrogens with zero attached hydrogens (tertiary/aromatic N) is 2. The van der Waals surface area contributed by atoms with Gasteiger partial charge in [0.1, 0.15) is 0 Å². The van der Waals surface area contributed by atoms with Crippen LogP contribution in [0.15, 0.2) is 23.1 Å². The van der Waals surface area contributed by atoms with Gasteiger partial charge in [0.2, 0.25) is 0 Å². The number of aromatic nitrogens is 2. The third-order valence-corrected chi connectivity index (χ3v) is 4.77. The number of aryl methyl sites for hydroxylation is 2. The predicted octanol–water partition coefficient (Wildman–Crippen LogP) is 4.39. The summed E-state index contributed by atoms with van der Waals surface area (Å²) in [4.78, 5) is 0.958. The third kappa shape index (κ3) is 3.19. The molecule has 1 heterocycles. The van der Waals surface area contributed by atoms with Crippen molar-refractivity contribution in [2.24, 2.45) is 0 Å². The molecule has 0 atom stereocenters. The molecule has 1 aromatic carbocycles. The third-order valence-electron chi connectivity index (χ3n) is 2.77. The summed E-state index contributed by atoms with van der Waals surface area (Å²) in [5.41, 5.74) is 8.36. The quantitative estimate of drug-likeness (QED) is 0.672. The number of benzene rings is 1. The first kappa shape index (κ1) is 14.6. The maximum absolute atomic E-state index is 6.28. The molecule has 0 radical (unpaired) electrons. The SMILES string of the molecule is CCn1nc(C)c(Cl)c1CSc1cc(N)ccc1Cl. The fourth-order valence-electron chi connectivity index (χ4n) is 1.78. The molecule has 0 spiro atoms. The van der Waals surface area contributed by atoms with Crippen LogP contribution in [0.25, 0.3) is 0 Å². The fraction of sp³-hybridized carbons (Fsp3) is 0.308. The monoisotopic (exact) mass is 315 g/mol. The molecule has 0 fully saturated rings. The standard InChI is InChI=1S/C13H15Cl2N3S/c1-3-18-11(13(15)8(2)17-18)7-19-12-6-9(16)4-5-10(12)14/h4-6H,3,7,16H2,1-2H3. The number of halogens is 2. The van der Waals surface area contributed by atoms with Crippen LogP contribution in [0, 0.1) is 6.92 Å². The van der Waals surface area contributed by atoms with Gasteiger partial charge in [0.05, 0.1) is 21.4 Å². The van der Waals surface area contributed by atoms with E-state index in [-0.39, 0.29) is 0 Å². The highest BCUT2D eigenvalue weighted by Gasteiger charge is 2.13. The Morgan fingerprint density at radius 2 is 2.11 bits per heavy atom. The maximum atomic E-state index is 6.28. The van der Waals surface area contributed by atoms with E-state index >= 15 is 0 Å². The Bertz CT molecular complexity index is 596. The number of thioether (sulfide) groups is 1. The number of nitrogen functional groups attached to an aromatic ring is 1. The van der Waals surface area contributed by atoms with Crippen molar-refractivity contribution in [3.8, 4) is 0 Å². The van der Waals surface area contributed by atoms with Crippen molar-refractivity contribution in [3.05, 3.63) is 39.6 Å². The molecule has 19 heavy (non-hydrogen) atoms. The lowest BCUT2D eigenvalue weighted by molar-refractivity contribution is 0.632. The van der Waals surface area contributed by atoms with Crippen LogP contribution in [0.4, 0.5) is 5.69 Å². The zero-order chi connectivity index (χ0) is 14.0. The van der Waals surface area contributed by atoms with Gasteiger partial charge in [-0.3, -0.25) is 4.68 Å². The average molecular weight is 316 g/mol. The van der Waals surface area contributed by atoms with E-state index in [1.54, 1.807) is 17.8 Å². The Morgan fingerprint density at radius 3 is 2.79 bits per heavy atom. The van der Waals surface area contributed by atoms with Crippen LogP contribution >= 0.6 is 35.0 Å². The zero-order valence-electron chi connectivity index (χ0n) is 10.8. The Morgan fingerprint density at radius 1 is 1.37 bits per heavy atom. The van der Waals surface area contributed by atoms with Crippen LogP contribution in [0.2, 0.25) is 10.0 Å². The average Bonchev–Trinajstić information content (AvgIpc) is 2.66. The minimum absolute atomic E-state index is 0.703. The summed E-state index contributed by atoms with van der Waals surface area (Å²) >= 11 is 14.0. The van der Waals surface area contributed by atoms with Crippen LogP contribution in [0.3, 0.4) is 0 Å². The summed E-state index contributed by atoms with van der Waals surface area (Å²) in [5, 5.41) is 5.83. The number of nitrogens with two attached hydrogens (primary N) is 1. The second kappa shape index (κ2) is 6.07. The summed E-state index contributed by atoms with van der Waals surface area (Å²) in [6, 6.07) is 5.48. The topological polar surface area (TPSA) is 43.8 Å². The number of hydrogen-bond acceptors (Lipinski definition) is 3. The molecule has 2 aromatic rings. The van der Waals surface area contributed by atoms with Crippen LogP contribution in [-0.4, -0.2) is 9.78 Å². The van der Waals surface area contributed by atoms with Crippen LogP contribution < -0.4 is 5.73 Å². The first-order chi connectivity index (χ1) is 9.02. The summed E-state index contributed by atoms with van der Waals surface area (Å²) in [7, 11) is 0. The summed E-state index contributed by atoms with van der Waals surface area (Å²) in [6.07, 6.45) is 0. The lowest BCUT2D eigenvalue weighted by atomic mass is 10.3. The first-order valence-electron chi connectivity index (χ1n) is 5.92. The van der Waals surface area contributed by atoms with E-state index in [0.29, 0.717) is 10.7 Å². The van der Waals surface area contributed by atoms with E-state index in [4.69, 9.17) is 28.9 Å². The van der Waals surface area contributed by atoms with Gasteiger partial charge in [-0.15, -0.1) is 11.8 Å². The van der Waals surface area contributed by atoms with Crippen molar-refractivity contribution in [2.75, 3.05) is 5.73 Å². The zero-order valence-corrected chi connectivity index (χ0v) is 13.1. The molecule has 3 nitrogen and oxygen atoms in total. The summed E-state index contributed by atoms with van der Waals surface area (Å²) < 4.78 is 1.92. The molecule has 0 bridgehead atoms. The molecule has 2 rings (SSSR count). The van der Waals surface area contributed by atoms with Gasteiger partial charge in [-0.2, -0.15) is 5.10 Å². The Balaban J connectivity index is 2.21. The van der Waals surface area contributed by atoms with E-state index in [0.717, 1.165) is 33.6 Å². The number of rotatable bonds is 4. The van der Waals surface area contributed by atoms with E-state index in [1.165, 1.54) is 0 Å². The maximum Gasteiger partial charge on any atom is 0.0855 e. The van der Waals surface area contributed by atoms with Gasteiger partial charge >= 0.3 is 0 Å². The Labute approximate surface area is 127 Å². The van der Waals surface area contributed by atoms with Gasteiger partial charge < -0.3 is 5.73 Å². The summed E-state index contributed by atoms with van der Waals surface area (Å²) in [6.45, 7) is 4.76. The lowest BCUT2D eigenvalue weighted by Crippen LogP contribution is -2.01. The van der Waals surface area contributed by atoms with Gasteiger partial charge in [-0.25, -0.2) is 0 Å². The molecule has 0 unspecified atom stereocenters. The van der Waals surface area contributed by atoms with Crippen LogP contribution in [0.1, 0.15) is 18.3 Å². The number of hydrogen-bond donors (Lipinski definition) is 1. The largest absolute Gasteiger partial charge is 0.399 e. The molecule has 102 valence electrons.